The average Bonchev–Trinajstić information content (AvgIpc) is 2.85. The van der Waals surface area contributed by atoms with E-state index >= 15 is 0 Å². The first-order valence-electron chi connectivity index (χ1n) is 6.07. The minimum Gasteiger partial charge on any atom is -0.497 e. The summed E-state index contributed by atoms with van der Waals surface area (Å²) in [6, 6.07) is 5.58. The van der Waals surface area contributed by atoms with Gasteiger partial charge < -0.3 is 20.5 Å². The second-order valence-corrected chi connectivity index (χ2v) is 4.47. The highest BCUT2D eigenvalue weighted by molar-refractivity contribution is 6.00. The summed E-state index contributed by atoms with van der Waals surface area (Å²) in [6.07, 6.45) is 2.00. The molecule has 1 saturated heterocycles. The monoisotopic (exact) mass is 249 g/mol. The smallest absolute Gasteiger partial charge is 0.124 e. The molecule has 2 rings (SSSR count). The molecule has 98 valence electrons. The molecule has 0 amide bonds. The van der Waals surface area contributed by atoms with Crippen LogP contribution in [0, 0.1) is 5.41 Å². The van der Waals surface area contributed by atoms with E-state index in [4.69, 9.17) is 15.9 Å². The number of aliphatic hydroxyl groups excluding tert-OH is 1. The van der Waals surface area contributed by atoms with Crippen LogP contribution in [0.4, 0.5) is 5.69 Å². The predicted octanol–water partition coefficient (Wildman–Crippen LogP) is 0.940. The molecular weight excluding hydrogens is 230 g/mol. The fourth-order valence-electron chi connectivity index (χ4n) is 2.45. The van der Waals surface area contributed by atoms with Gasteiger partial charge in [0.05, 0.1) is 25.4 Å². The van der Waals surface area contributed by atoms with Crippen molar-refractivity contribution in [3.05, 3.63) is 23.8 Å². The van der Waals surface area contributed by atoms with Crippen LogP contribution in [0.1, 0.15) is 18.4 Å². The van der Waals surface area contributed by atoms with Gasteiger partial charge in [0.25, 0.3) is 0 Å². The number of rotatable bonds is 4. The van der Waals surface area contributed by atoms with Gasteiger partial charge in [-0.3, -0.25) is 5.41 Å². The largest absolute Gasteiger partial charge is 0.497 e. The van der Waals surface area contributed by atoms with Crippen molar-refractivity contribution >= 4 is 11.5 Å². The molecular formula is C13H19N3O2. The third kappa shape index (κ3) is 2.26. The van der Waals surface area contributed by atoms with Crippen LogP contribution in [0.25, 0.3) is 0 Å². The molecule has 4 N–H and O–H groups in total. The van der Waals surface area contributed by atoms with Gasteiger partial charge in [-0.25, -0.2) is 0 Å². The van der Waals surface area contributed by atoms with Crippen molar-refractivity contribution in [1.82, 2.24) is 0 Å². The van der Waals surface area contributed by atoms with E-state index < -0.39 is 0 Å². The van der Waals surface area contributed by atoms with E-state index in [9.17, 15) is 5.11 Å². The Hall–Kier alpha value is -1.75. The molecule has 5 nitrogen and oxygen atoms in total. The maximum atomic E-state index is 9.40. The summed E-state index contributed by atoms with van der Waals surface area (Å²) in [4.78, 5) is 2.11. The van der Waals surface area contributed by atoms with Crippen molar-refractivity contribution < 1.29 is 9.84 Å². The molecule has 0 aliphatic carbocycles. The number of nitrogen functional groups attached to an aromatic ring is 1. The van der Waals surface area contributed by atoms with E-state index in [1.165, 1.54) is 0 Å². The van der Waals surface area contributed by atoms with Crippen molar-refractivity contribution in [1.29, 1.82) is 5.41 Å². The van der Waals surface area contributed by atoms with Crippen LogP contribution in [0.15, 0.2) is 18.2 Å². The van der Waals surface area contributed by atoms with Gasteiger partial charge in [0.2, 0.25) is 0 Å². The Morgan fingerprint density at radius 1 is 1.61 bits per heavy atom. The number of hydrogen-bond acceptors (Lipinski definition) is 4. The Morgan fingerprint density at radius 3 is 3.00 bits per heavy atom. The highest BCUT2D eigenvalue weighted by atomic mass is 16.5. The summed E-state index contributed by atoms with van der Waals surface area (Å²) in [7, 11) is 1.61. The van der Waals surface area contributed by atoms with Crippen LogP contribution >= 0.6 is 0 Å². The normalized spacial score (nSPS) is 19.0. The van der Waals surface area contributed by atoms with Crippen molar-refractivity contribution in [2.24, 2.45) is 5.73 Å². The Labute approximate surface area is 107 Å². The molecule has 0 bridgehead atoms. The summed E-state index contributed by atoms with van der Waals surface area (Å²) in [6.45, 7) is 0.993. The number of methoxy groups -OCH3 is 1. The van der Waals surface area contributed by atoms with E-state index in [1.807, 2.05) is 6.07 Å². The van der Waals surface area contributed by atoms with Gasteiger partial charge in [-0.05, 0) is 25.0 Å². The van der Waals surface area contributed by atoms with E-state index in [1.54, 1.807) is 19.2 Å². The molecule has 18 heavy (non-hydrogen) atoms. The minimum atomic E-state index is 0.0382. The van der Waals surface area contributed by atoms with Gasteiger partial charge in [0, 0.05) is 18.2 Å². The van der Waals surface area contributed by atoms with Crippen LogP contribution in [0.2, 0.25) is 0 Å². The standard InChI is InChI=1S/C13H19N3O2/c1-18-10-4-5-11(13(14)15)12(7-10)16-6-2-3-9(16)8-17/h4-5,7,9,17H,2-3,6,8H2,1H3,(H3,14,15). The minimum absolute atomic E-state index is 0.0382. The number of ether oxygens (including phenoxy) is 1. The molecule has 1 aliphatic rings. The molecule has 0 aromatic heterocycles. The fraction of sp³-hybridized carbons (Fsp3) is 0.462. The van der Waals surface area contributed by atoms with Gasteiger partial charge in [-0.2, -0.15) is 0 Å². The van der Waals surface area contributed by atoms with E-state index in [0.717, 1.165) is 30.8 Å². The number of nitrogens with two attached hydrogens (primary N) is 1. The number of nitrogens with one attached hydrogen (secondary N) is 1. The van der Waals surface area contributed by atoms with Crippen LogP contribution in [0.3, 0.4) is 0 Å². The molecule has 1 fully saturated rings. The molecule has 0 radical (unpaired) electrons. The first-order chi connectivity index (χ1) is 8.67. The van der Waals surface area contributed by atoms with Crippen LogP contribution in [-0.4, -0.2) is 37.2 Å². The number of nitrogens with zero attached hydrogens (tertiary/aromatic N) is 1. The Morgan fingerprint density at radius 2 is 2.39 bits per heavy atom. The van der Waals surface area contributed by atoms with Gasteiger partial charge >= 0.3 is 0 Å². The summed E-state index contributed by atoms with van der Waals surface area (Å²) < 4.78 is 5.22. The number of amidine groups is 1. The van der Waals surface area contributed by atoms with E-state index in [0.29, 0.717) is 5.56 Å². The number of anilines is 1. The lowest BCUT2D eigenvalue weighted by atomic mass is 10.1. The molecule has 1 aromatic carbocycles. The molecule has 1 heterocycles. The third-order valence-electron chi connectivity index (χ3n) is 3.39. The molecule has 5 heteroatoms. The molecule has 1 aromatic rings. The zero-order chi connectivity index (χ0) is 13.1. The summed E-state index contributed by atoms with van der Waals surface area (Å²) in [5, 5.41) is 17.0. The van der Waals surface area contributed by atoms with Gasteiger partial charge in [-0.15, -0.1) is 0 Å². The highest BCUT2D eigenvalue weighted by Crippen LogP contribution is 2.31. The lowest BCUT2D eigenvalue weighted by molar-refractivity contribution is 0.266. The summed E-state index contributed by atoms with van der Waals surface area (Å²) in [5.74, 6) is 0.773. The second-order valence-electron chi connectivity index (χ2n) is 4.47. The Balaban J connectivity index is 2.42. The maximum Gasteiger partial charge on any atom is 0.124 e. The zero-order valence-corrected chi connectivity index (χ0v) is 10.5. The number of aliphatic hydroxyl groups is 1. The first-order valence-corrected chi connectivity index (χ1v) is 6.07. The summed E-state index contributed by atoms with van der Waals surface area (Å²) >= 11 is 0. The third-order valence-corrected chi connectivity index (χ3v) is 3.39. The molecule has 0 saturated carbocycles. The highest BCUT2D eigenvalue weighted by Gasteiger charge is 2.26. The van der Waals surface area contributed by atoms with Crippen LogP contribution in [0.5, 0.6) is 5.75 Å². The molecule has 1 aliphatic heterocycles. The first kappa shape index (κ1) is 12.7. The fourth-order valence-corrected chi connectivity index (χ4v) is 2.45. The Bertz CT molecular complexity index is 448. The Kier molecular flexibility index (Phi) is 3.72. The van der Waals surface area contributed by atoms with Gasteiger partial charge in [0.1, 0.15) is 11.6 Å². The van der Waals surface area contributed by atoms with Crippen molar-refractivity contribution in [2.45, 2.75) is 18.9 Å². The number of hydrogen-bond donors (Lipinski definition) is 3. The lowest BCUT2D eigenvalue weighted by Crippen LogP contribution is -2.33. The molecule has 1 atom stereocenters. The number of benzene rings is 1. The predicted molar refractivity (Wildman–Crippen MR) is 71.5 cm³/mol. The average molecular weight is 249 g/mol. The van der Waals surface area contributed by atoms with Gasteiger partial charge in [0.15, 0.2) is 0 Å². The SMILES string of the molecule is COc1ccc(C(=N)N)c(N2CCCC2CO)c1. The molecule has 1 unspecified atom stereocenters. The van der Waals surface area contributed by atoms with Crippen molar-refractivity contribution in [3.8, 4) is 5.75 Å². The zero-order valence-electron chi connectivity index (χ0n) is 10.5. The quantitative estimate of drug-likeness (QED) is 0.548. The van der Waals surface area contributed by atoms with Crippen molar-refractivity contribution in [2.75, 3.05) is 25.2 Å². The van der Waals surface area contributed by atoms with Crippen LogP contribution < -0.4 is 15.4 Å². The van der Waals surface area contributed by atoms with E-state index in [2.05, 4.69) is 4.90 Å². The van der Waals surface area contributed by atoms with Crippen LogP contribution in [-0.2, 0) is 0 Å². The maximum absolute atomic E-state index is 9.40. The topological polar surface area (TPSA) is 82.6 Å². The van der Waals surface area contributed by atoms with E-state index in [-0.39, 0.29) is 18.5 Å². The molecule has 0 spiro atoms. The summed E-state index contributed by atoms with van der Waals surface area (Å²) in [5.41, 5.74) is 7.18. The van der Waals surface area contributed by atoms with Crippen molar-refractivity contribution in [3.63, 3.8) is 0 Å². The van der Waals surface area contributed by atoms with Gasteiger partial charge in [-0.1, -0.05) is 0 Å². The second kappa shape index (κ2) is 5.27. The lowest BCUT2D eigenvalue weighted by Gasteiger charge is -2.27.